The second kappa shape index (κ2) is 6.16. The molecule has 0 aliphatic heterocycles. The highest BCUT2D eigenvalue weighted by atomic mass is 16.5. The molecule has 3 heteroatoms. The molecular formula is C16H17NO2. The van der Waals surface area contributed by atoms with E-state index in [1.54, 1.807) is 36.4 Å². The number of hydroxylamine groups is 1. The fourth-order valence-corrected chi connectivity index (χ4v) is 1.91. The van der Waals surface area contributed by atoms with Crippen LogP contribution in [0.5, 0.6) is 0 Å². The van der Waals surface area contributed by atoms with E-state index in [0.717, 1.165) is 12.8 Å². The Balaban J connectivity index is 2.15. The first-order valence-electron chi connectivity index (χ1n) is 6.39. The van der Waals surface area contributed by atoms with E-state index in [1.165, 1.54) is 5.56 Å². The SMILES string of the molecule is CCCc1ccc(N(O)C(=O)c2ccccc2)cc1. The van der Waals surface area contributed by atoms with Crippen LogP contribution in [0.15, 0.2) is 54.6 Å². The normalized spacial score (nSPS) is 10.2. The number of rotatable bonds is 4. The van der Waals surface area contributed by atoms with Crippen LogP contribution in [-0.2, 0) is 6.42 Å². The van der Waals surface area contributed by atoms with Gasteiger partial charge in [0.2, 0.25) is 0 Å². The first kappa shape index (κ1) is 13.3. The lowest BCUT2D eigenvalue weighted by Crippen LogP contribution is -2.26. The van der Waals surface area contributed by atoms with Gasteiger partial charge in [-0.25, -0.2) is 0 Å². The van der Waals surface area contributed by atoms with Gasteiger partial charge >= 0.3 is 0 Å². The summed E-state index contributed by atoms with van der Waals surface area (Å²) in [6, 6.07) is 16.1. The molecule has 0 bridgehead atoms. The zero-order chi connectivity index (χ0) is 13.7. The van der Waals surface area contributed by atoms with Crippen molar-refractivity contribution in [1.29, 1.82) is 0 Å². The Morgan fingerprint density at radius 2 is 1.68 bits per heavy atom. The zero-order valence-electron chi connectivity index (χ0n) is 10.9. The van der Waals surface area contributed by atoms with Gasteiger partial charge in [-0.05, 0) is 36.2 Å². The topological polar surface area (TPSA) is 40.5 Å². The van der Waals surface area contributed by atoms with Crippen LogP contribution in [0.25, 0.3) is 0 Å². The van der Waals surface area contributed by atoms with E-state index in [2.05, 4.69) is 6.92 Å². The molecule has 19 heavy (non-hydrogen) atoms. The molecule has 98 valence electrons. The molecule has 1 N–H and O–H groups in total. The van der Waals surface area contributed by atoms with Gasteiger partial charge in [-0.15, -0.1) is 0 Å². The van der Waals surface area contributed by atoms with Crippen LogP contribution in [-0.4, -0.2) is 11.1 Å². The number of nitrogens with zero attached hydrogens (tertiary/aromatic N) is 1. The average Bonchev–Trinajstić information content (AvgIpc) is 2.48. The maximum Gasteiger partial charge on any atom is 0.281 e. The highest BCUT2D eigenvalue weighted by Gasteiger charge is 2.14. The van der Waals surface area contributed by atoms with Crippen LogP contribution < -0.4 is 5.06 Å². The smallest absolute Gasteiger partial charge is 0.281 e. The maximum atomic E-state index is 12.0. The summed E-state index contributed by atoms with van der Waals surface area (Å²) >= 11 is 0. The number of hydrogen-bond donors (Lipinski definition) is 1. The molecule has 0 fully saturated rings. The second-order valence-electron chi connectivity index (χ2n) is 4.40. The number of hydrogen-bond acceptors (Lipinski definition) is 2. The first-order valence-corrected chi connectivity index (χ1v) is 6.39. The monoisotopic (exact) mass is 255 g/mol. The molecule has 3 nitrogen and oxygen atoms in total. The van der Waals surface area contributed by atoms with E-state index >= 15 is 0 Å². The molecule has 0 unspecified atom stereocenters. The molecule has 0 radical (unpaired) electrons. The van der Waals surface area contributed by atoms with Crippen molar-refractivity contribution >= 4 is 11.6 Å². The average molecular weight is 255 g/mol. The summed E-state index contributed by atoms with van der Waals surface area (Å²) < 4.78 is 0. The van der Waals surface area contributed by atoms with Crippen molar-refractivity contribution in [3.63, 3.8) is 0 Å². The van der Waals surface area contributed by atoms with Gasteiger partial charge < -0.3 is 0 Å². The van der Waals surface area contributed by atoms with Gasteiger partial charge in [0, 0.05) is 5.56 Å². The van der Waals surface area contributed by atoms with Crippen molar-refractivity contribution in [3.05, 3.63) is 65.7 Å². The standard InChI is InChI=1S/C16H17NO2/c1-2-6-13-9-11-15(12-10-13)17(19)16(18)14-7-4-3-5-8-14/h3-5,7-12,19H,2,6H2,1H3. The molecule has 0 atom stereocenters. The van der Waals surface area contributed by atoms with Crippen molar-refractivity contribution in [2.75, 3.05) is 5.06 Å². The minimum absolute atomic E-state index is 0.427. The van der Waals surface area contributed by atoms with Crippen LogP contribution >= 0.6 is 0 Å². The van der Waals surface area contributed by atoms with Crippen molar-refractivity contribution < 1.29 is 10.0 Å². The largest absolute Gasteiger partial charge is 0.281 e. The van der Waals surface area contributed by atoms with Crippen molar-refractivity contribution in [1.82, 2.24) is 0 Å². The predicted octanol–water partition coefficient (Wildman–Crippen LogP) is 3.68. The van der Waals surface area contributed by atoms with E-state index in [9.17, 15) is 10.0 Å². The Bertz CT molecular complexity index is 534. The number of carbonyl (C=O) groups excluding carboxylic acids is 1. The molecule has 0 saturated carbocycles. The molecule has 0 heterocycles. The first-order chi connectivity index (χ1) is 9.22. The molecule has 1 amide bonds. The zero-order valence-corrected chi connectivity index (χ0v) is 10.9. The summed E-state index contributed by atoms with van der Waals surface area (Å²) in [7, 11) is 0. The molecule has 0 aliphatic rings. The number of anilines is 1. The Morgan fingerprint density at radius 3 is 2.26 bits per heavy atom. The molecular weight excluding hydrogens is 238 g/mol. The van der Waals surface area contributed by atoms with Crippen LogP contribution in [0.3, 0.4) is 0 Å². The van der Waals surface area contributed by atoms with Crippen molar-refractivity contribution in [3.8, 4) is 0 Å². The third-order valence-electron chi connectivity index (χ3n) is 2.93. The Labute approximate surface area is 113 Å². The van der Waals surface area contributed by atoms with E-state index < -0.39 is 5.91 Å². The van der Waals surface area contributed by atoms with Gasteiger partial charge in [-0.1, -0.05) is 43.7 Å². The van der Waals surface area contributed by atoms with Gasteiger partial charge in [0.1, 0.15) is 0 Å². The van der Waals surface area contributed by atoms with Crippen molar-refractivity contribution in [2.45, 2.75) is 19.8 Å². The Hall–Kier alpha value is -2.13. The van der Waals surface area contributed by atoms with Gasteiger partial charge in [0.25, 0.3) is 5.91 Å². The van der Waals surface area contributed by atoms with Gasteiger partial charge in [-0.3, -0.25) is 10.0 Å². The van der Waals surface area contributed by atoms with Crippen LogP contribution in [0.2, 0.25) is 0 Å². The number of carbonyl (C=O) groups is 1. The number of aryl methyl sites for hydroxylation is 1. The number of benzene rings is 2. The maximum absolute atomic E-state index is 12.0. The fraction of sp³-hybridized carbons (Fsp3) is 0.188. The van der Waals surface area contributed by atoms with E-state index in [4.69, 9.17) is 0 Å². The fourth-order valence-electron chi connectivity index (χ4n) is 1.91. The summed E-state index contributed by atoms with van der Waals surface area (Å²) in [4.78, 5) is 12.0. The van der Waals surface area contributed by atoms with Gasteiger partial charge in [0.05, 0.1) is 5.69 Å². The summed E-state index contributed by atoms with van der Waals surface area (Å²) in [5, 5.41) is 10.6. The molecule has 0 spiro atoms. The van der Waals surface area contributed by atoms with E-state index in [1.807, 2.05) is 18.2 Å². The Kier molecular flexibility index (Phi) is 4.31. The molecule has 0 aliphatic carbocycles. The summed E-state index contributed by atoms with van der Waals surface area (Å²) in [6.07, 6.45) is 2.07. The van der Waals surface area contributed by atoms with E-state index in [-0.39, 0.29) is 0 Å². The third kappa shape index (κ3) is 3.20. The summed E-state index contributed by atoms with van der Waals surface area (Å²) in [5.41, 5.74) is 2.14. The third-order valence-corrected chi connectivity index (χ3v) is 2.93. The van der Waals surface area contributed by atoms with Crippen molar-refractivity contribution in [2.24, 2.45) is 0 Å². The summed E-state index contributed by atoms with van der Waals surface area (Å²) in [6.45, 7) is 2.12. The number of amides is 1. The second-order valence-corrected chi connectivity index (χ2v) is 4.40. The van der Waals surface area contributed by atoms with Crippen LogP contribution in [0, 0.1) is 0 Å². The Morgan fingerprint density at radius 1 is 1.05 bits per heavy atom. The lowest BCUT2D eigenvalue weighted by molar-refractivity contribution is 0.0855. The predicted molar refractivity (Wildman–Crippen MR) is 75.5 cm³/mol. The molecule has 2 aromatic carbocycles. The molecule has 2 aromatic rings. The highest BCUT2D eigenvalue weighted by Crippen LogP contribution is 2.17. The minimum atomic E-state index is -0.427. The summed E-state index contributed by atoms with van der Waals surface area (Å²) in [5.74, 6) is -0.427. The van der Waals surface area contributed by atoms with Crippen LogP contribution in [0.4, 0.5) is 5.69 Å². The molecule has 0 saturated heterocycles. The van der Waals surface area contributed by atoms with Crippen LogP contribution in [0.1, 0.15) is 29.3 Å². The molecule has 0 aromatic heterocycles. The lowest BCUT2D eigenvalue weighted by Gasteiger charge is -2.15. The highest BCUT2D eigenvalue weighted by molar-refractivity contribution is 6.04. The minimum Gasteiger partial charge on any atom is -0.281 e. The molecule has 2 rings (SSSR count). The lowest BCUT2D eigenvalue weighted by atomic mass is 10.1. The van der Waals surface area contributed by atoms with Gasteiger partial charge in [0.15, 0.2) is 0 Å². The van der Waals surface area contributed by atoms with Gasteiger partial charge in [-0.2, -0.15) is 5.06 Å². The quantitative estimate of drug-likeness (QED) is 0.669. The van der Waals surface area contributed by atoms with E-state index in [0.29, 0.717) is 16.3 Å².